The van der Waals surface area contributed by atoms with E-state index >= 15 is 0 Å². The first-order chi connectivity index (χ1) is 8.70. The van der Waals surface area contributed by atoms with Gasteiger partial charge in [0.2, 0.25) is 0 Å². The molecule has 0 saturated carbocycles. The van der Waals surface area contributed by atoms with Gasteiger partial charge in [-0.15, -0.1) is 0 Å². The van der Waals surface area contributed by atoms with Crippen LogP contribution in [0.25, 0.3) is 0 Å². The Morgan fingerprint density at radius 2 is 2.11 bits per heavy atom. The van der Waals surface area contributed by atoms with Gasteiger partial charge in [-0.3, -0.25) is 4.79 Å². The molecule has 2 rings (SSSR count). The fourth-order valence-corrected chi connectivity index (χ4v) is 1.57. The minimum atomic E-state index is -1.21. The second-order valence-electron chi connectivity index (χ2n) is 3.95. The Bertz CT molecular complexity index is 436. The number of aliphatic hydroxyl groups is 1. The maximum Gasteiger partial charge on any atom is 0.254 e. The van der Waals surface area contributed by atoms with E-state index in [0.29, 0.717) is 30.4 Å². The molecule has 98 valence electrons. The molecule has 0 bridgehead atoms. The number of carbonyl (C=O) groups is 1. The summed E-state index contributed by atoms with van der Waals surface area (Å²) in [4.78, 5) is 11.5. The van der Waals surface area contributed by atoms with E-state index in [-0.39, 0.29) is 6.54 Å². The Kier molecular flexibility index (Phi) is 4.01. The number of amides is 1. The molecule has 1 unspecified atom stereocenters. The van der Waals surface area contributed by atoms with E-state index in [9.17, 15) is 9.90 Å². The molecule has 1 aromatic rings. The molecular weight excluding hydrogens is 236 g/mol. The highest BCUT2D eigenvalue weighted by Crippen LogP contribution is 2.32. The molecule has 6 heteroatoms. The number of nitrogens with one attached hydrogen (secondary N) is 1. The highest BCUT2D eigenvalue weighted by atomic mass is 16.5. The third-order valence-corrected chi connectivity index (χ3v) is 2.54. The minimum absolute atomic E-state index is 0.115. The molecule has 1 amide bonds. The molecule has 0 aromatic heterocycles. The van der Waals surface area contributed by atoms with E-state index < -0.39 is 12.0 Å². The fraction of sp³-hybridized carbons (Fsp3) is 0.417. The van der Waals surface area contributed by atoms with Crippen molar-refractivity contribution in [2.45, 2.75) is 12.5 Å². The van der Waals surface area contributed by atoms with Crippen LogP contribution >= 0.6 is 0 Å². The number of hydrogen-bond donors (Lipinski definition) is 3. The number of ether oxygens (including phenoxy) is 2. The first-order valence-corrected chi connectivity index (χ1v) is 5.79. The van der Waals surface area contributed by atoms with Crippen LogP contribution in [0, 0.1) is 0 Å². The van der Waals surface area contributed by atoms with E-state index in [2.05, 4.69) is 5.32 Å². The molecule has 0 aliphatic carbocycles. The average Bonchev–Trinajstić information content (AvgIpc) is 2.62. The smallest absolute Gasteiger partial charge is 0.254 e. The van der Waals surface area contributed by atoms with Gasteiger partial charge >= 0.3 is 0 Å². The zero-order valence-corrected chi connectivity index (χ0v) is 9.89. The summed E-state index contributed by atoms with van der Waals surface area (Å²) in [6.45, 7) is 1.08. The van der Waals surface area contributed by atoms with Crippen LogP contribution < -0.4 is 20.5 Å². The van der Waals surface area contributed by atoms with Crippen LogP contribution in [0.3, 0.4) is 0 Å². The lowest BCUT2D eigenvalue weighted by Gasteiger charge is -2.12. The van der Waals surface area contributed by atoms with Gasteiger partial charge in [-0.25, -0.2) is 0 Å². The summed E-state index contributed by atoms with van der Waals surface area (Å²) in [5.74, 6) is 0.712. The molecule has 4 N–H and O–H groups in total. The van der Waals surface area contributed by atoms with Gasteiger partial charge in [-0.2, -0.15) is 0 Å². The van der Waals surface area contributed by atoms with E-state index in [1.165, 1.54) is 0 Å². The number of benzene rings is 1. The minimum Gasteiger partial charge on any atom is -0.490 e. The maximum atomic E-state index is 11.5. The quantitative estimate of drug-likeness (QED) is 0.709. The molecule has 18 heavy (non-hydrogen) atoms. The van der Waals surface area contributed by atoms with Crippen LogP contribution in [0.15, 0.2) is 18.2 Å². The van der Waals surface area contributed by atoms with Crippen LogP contribution in [-0.2, 0) is 4.79 Å². The molecule has 1 atom stereocenters. The molecule has 1 heterocycles. The number of anilines is 1. The average molecular weight is 252 g/mol. The van der Waals surface area contributed by atoms with Crippen molar-refractivity contribution < 1.29 is 19.4 Å². The summed E-state index contributed by atoms with van der Waals surface area (Å²) in [5.41, 5.74) is 5.74. The topological polar surface area (TPSA) is 93.8 Å². The van der Waals surface area contributed by atoms with Gasteiger partial charge in [-0.1, -0.05) is 0 Å². The normalized spacial score (nSPS) is 15.7. The van der Waals surface area contributed by atoms with Gasteiger partial charge in [0.1, 0.15) is 6.10 Å². The van der Waals surface area contributed by atoms with Crippen molar-refractivity contribution in [1.82, 2.24) is 0 Å². The van der Waals surface area contributed by atoms with Crippen molar-refractivity contribution in [3.05, 3.63) is 18.2 Å². The molecular formula is C12H16N2O4. The third kappa shape index (κ3) is 2.91. The van der Waals surface area contributed by atoms with Gasteiger partial charge < -0.3 is 25.6 Å². The SMILES string of the molecule is NCC(O)C(=O)Nc1ccc2c(c1)OCCCO2. The van der Waals surface area contributed by atoms with E-state index in [1.807, 2.05) is 0 Å². The summed E-state index contributed by atoms with van der Waals surface area (Å²) >= 11 is 0. The summed E-state index contributed by atoms with van der Waals surface area (Å²) in [7, 11) is 0. The fourth-order valence-electron chi connectivity index (χ4n) is 1.57. The summed E-state index contributed by atoms with van der Waals surface area (Å²) in [6.07, 6.45) is -0.386. The zero-order valence-electron chi connectivity index (χ0n) is 9.89. The number of nitrogens with two attached hydrogens (primary N) is 1. The lowest BCUT2D eigenvalue weighted by atomic mass is 10.2. The second kappa shape index (κ2) is 5.70. The number of aliphatic hydroxyl groups excluding tert-OH is 1. The van der Waals surface area contributed by atoms with Gasteiger partial charge in [0.15, 0.2) is 11.5 Å². The lowest BCUT2D eigenvalue weighted by Crippen LogP contribution is -2.34. The molecule has 0 fully saturated rings. The van der Waals surface area contributed by atoms with E-state index in [0.717, 1.165) is 6.42 Å². The summed E-state index contributed by atoms with van der Waals surface area (Å²) in [6, 6.07) is 5.08. The third-order valence-electron chi connectivity index (χ3n) is 2.54. The zero-order chi connectivity index (χ0) is 13.0. The van der Waals surface area contributed by atoms with Gasteiger partial charge in [0.05, 0.1) is 13.2 Å². The number of fused-ring (bicyclic) bond motifs is 1. The Balaban J connectivity index is 2.11. The van der Waals surface area contributed by atoms with Crippen LogP contribution in [0.5, 0.6) is 11.5 Å². The molecule has 1 aromatic carbocycles. The molecule has 0 spiro atoms. The van der Waals surface area contributed by atoms with Crippen molar-refractivity contribution in [2.24, 2.45) is 5.73 Å². The molecule has 6 nitrogen and oxygen atoms in total. The van der Waals surface area contributed by atoms with Crippen LogP contribution in [0.1, 0.15) is 6.42 Å². The molecule has 0 saturated heterocycles. The van der Waals surface area contributed by atoms with Gasteiger partial charge in [0.25, 0.3) is 5.91 Å². The lowest BCUT2D eigenvalue weighted by molar-refractivity contribution is -0.123. The van der Waals surface area contributed by atoms with Crippen molar-refractivity contribution in [2.75, 3.05) is 25.1 Å². The predicted octanol–water partition coefficient (Wildman–Crippen LogP) is 0.106. The highest BCUT2D eigenvalue weighted by Gasteiger charge is 2.15. The second-order valence-corrected chi connectivity index (χ2v) is 3.95. The first kappa shape index (κ1) is 12.7. The van der Waals surface area contributed by atoms with Crippen molar-refractivity contribution in [3.8, 4) is 11.5 Å². The van der Waals surface area contributed by atoms with Crippen molar-refractivity contribution >= 4 is 11.6 Å². The number of carbonyl (C=O) groups excluding carboxylic acids is 1. The summed E-state index contributed by atoms with van der Waals surface area (Å²) < 4.78 is 11.0. The number of rotatable bonds is 3. The van der Waals surface area contributed by atoms with Gasteiger partial charge in [0, 0.05) is 24.7 Å². The standard InChI is InChI=1S/C12H16N2O4/c13-7-9(15)12(16)14-8-2-3-10-11(6-8)18-5-1-4-17-10/h2-3,6,9,15H,1,4-5,7,13H2,(H,14,16). The predicted molar refractivity (Wildman–Crippen MR) is 65.7 cm³/mol. The number of hydrogen-bond acceptors (Lipinski definition) is 5. The molecule has 1 aliphatic heterocycles. The van der Waals surface area contributed by atoms with E-state index in [4.69, 9.17) is 15.2 Å². The van der Waals surface area contributed by atoms with Crippen LogP contribution in [-0.4, -0.2) is 36.9 Å². The largest absolute Gasteiger partial charge is 0.490 e. The Labute approximate surface area is 105 Å². The summed E-state index contributed by atoms with van der Waals surface area (Å²) in [5, 5.41) is 11.8. The van der Waals surface area contributed by atoms with E-state index in [1.54, 1.807) is 18.2 Å². The van der Waals surface area contributed by atoms with Crippen molar-refractivity contribution in [1.29, 1.82) is 0 Å². The van der Waals surface area contributed by atoms with Crippen molar-refractivity contribution in [3.63, 3.8) is 0 Å². The first-order valence-electron chi connectivity index (χ1n) is 5.79. The Hall–Kier alpha value is -1.79. The maximum absolute atomic E-state index is 11.5. The monoisotopic (exact) mass is 252 g/mol. The van der Waals surface area contributed by atoms with Crippen LogP contribution in [0.4, 0.5) is 5.69 Å². The molecule has 0 radical (unpaired) electrons. The molecule has 1 aliphatic rings. The Morgan fingerprint density at radius 1 is 1.39 bits per heavy atom. The highest BCUT2D eigenvalue weighted by molar-refractivity contribution is 5.94. The Morgan fingerprint density at radius 3 is 2.83 bits per heavy atom. The van der Waals surface area contributed by atoms with Crippen LogP contribution in [0.2, 0.25) is 0 Å². The van der Waals surface area contributed by atoms with Gasteiger partial charge in [-0.05, 0) is 12.1 Å².